The number of esters is 1. The maximum absolute atomic E-state index is 11.4. The summed E-state index contributed by atoms with van der Waals surface area (Å²) < 4.78 is 10.4. The van der Waals surface area contributed by atoms with Crippen LogP contribution in [-0.2, 0) is 9.53 Å². The molecule has 0 radical (unpaired) electrons. The summed E-state index contributed by atoms with van der Waals surface area (Å²) in [7, 11) is 0. The van der Waals surface area contributed by atoms with E-state index in [0.29, 0.717) is 23.1 Å². The first kappa shape index (κ1) is 28.3. The third-order valence-electron chi connectivity index (χ3n) is 5.04. The van der Waals surface area contributed by atoms with E-state index in [0.717, 1.165) is 28.2 Å². The van der Waals surface area contributed by atoms with Gasteiger partial charge in [-0.05, 0) is 80.4 Å². The number of benzene rings is 1. The topological polar surface area (TPSA) is 74.2 Å². The Labute approximate surface area is 228 Å². The summed E-state index contributed by atoms with van der Waals surface area (Å²) in [5.74, 6) is 0.112. The second kappa shape index (κ2) is 15.1. The smallest absolute Gasteiger partial charge is 0.344 e. The van der Waals surface area contributed by atoms with Gasteiger partial charge in [-0.1, -0.05) is 54.1 Å². The van der Waals surface area contributed by atoms with Gasteiger partial charge in [0.25, 0.3) is 0 Å². The molecule has 0 fully saturated rings. The number of ether oxygens (including phenoxy) is 2. The molecule has 0 saturated heterocycles. The summed E-state index contributed by atoms with van der Waals surface area (Å²) in [6, 6.07) is 21.0. The number of aryl methyl sites for hydroxylation is 2. The molecule has 3 aromatic heterocycles. The Morgan fingerprint density at radius 2 is 1.68 bits per heavy atom. The highest BCUT2D eigenvalue weighted by Crippen LogP contribution is 2.22. The molecule has 0 aliphatic carbocycles. The van der Waals surface area contributed by atoms with Crippen LogP contribution >= 0.6 is 11.6 Å². The van der Waals surface area contributed by atoms with Gasteiger partial charge in [0, 0.05) is 28.8 Å². The van der Waals surface area contributed by atoms with Crippen molar-refractivity contribution in [2.75, 3.05) is 13.2 Å². The Morgan fingerprint density at radius 3 is 2.42 bits per heavy atom. The average Bonchev–Trinajstić information content (AvgIpc) is 2.92. The molecule has 3 heterocycles. The quantitative estimate of drug-likeness (QED) is 0.227. The second-order valence-corrected chi connectivity index (χ2v) is 8.52. The third kappa shape index (κ3) is 9.64. The molecular weight excluding hydrogens is 498 g/mol. The molecule has 0 spiro atoms. The molecule has 38 heavy (non-hydrogen) atoms. The van der Waals surface area contributed by atoms with Gasteiger partial charge < -0.3 is 9.47 Å². The molecule has 0 amide bonds. The minimum Gasteiger partial charge on any atom is -0.480 e. The van der Waals surface area contributed by atoms with Crippen LogP contribution in [0.3, 0.4) is 0 Å². The van der Waals surface area contributed by atoms with E-state index >= 15 is 0 Å². The van der Waals surface area contributed by atoms with Crippen LogP contribution in [0.25, 0.3) is 24.3 Å². The molecule has 0 N–H and O–H groups in total. The van der Waals surface area contributed by atoms with Crippen LogP contribution in [0, 0.1) is 13.8 Å². The van der Waals surface area contributed by atoms with Crippen molar-refractivity contribution in [3.05, 3.63) is 118 Å². The fourth-order valence-corrected chi connectivity index (χ4v) is 3.44. The Kier molecular flexibility index (Phi) is 11.2. The van der Waals surface area contributed by atoms with Crippen LogP contribution in [0.4, 0.5) is 0 Å². The fourth-order valence-electron chi connectivity index (χ4n) is 3.24. The Morgan fingerprint density at radius 1 is 0.868 bits per heavy atom. The lowest BCUT2D eigenvalue weighted by Crippen LogP contribution is -2.15. The molecule has 4 aromatic rings. The maximum Gasteiger partial charge on any atom is 0.344 e. The lowest BCUT2D eigenvalue weighted by atomic mass is 10.2. The van der Waals surface area contributed by atoms with Gasteiger partial charge in [-0.3, -0.25) is 9.97 Å². The summed E-state index contributed by atoms with van der Waals surface area (Å²) in [4.78, 5) is 24.3. The fraction of sp³-hybridized carbons (Fsp3) is 0.161. The van der Waals surface area contributed by atoms with Crippen molar-refractivity contribution in [3.63, 3.8) is 0 Å². The third-order valence-corrected chi connectivity index (χ3v) is 5.39. The van der Waals surface area contributed by atoms with E-state index in [-0.39, 0.29) is 6.61 Å². The lowest BCUT2D eigenvalue weighted by Gasteiger charge is -2.09. The summed E-state index contributed by atoms with van der Waals surface area (Å²) in [5.41, 5.74) is 5.46. The standard InChI is InChI=1S/C18H18ClNO3.C13H12N2/c1-3-22-18(21)12-23-17-11-8-13(2)20-16(17)10-9-14-6-4-5-7-15(14)19;1-11-4-2-6-13(15-11)8-7-12-5-3-9-14-10-12/h4-11H,3,12H2,1-2H3;2-10H,1H3/b;8-7+. The van der Waals surface area contributed by atoms with Crippen molar-refractivity contribution in [2.45, 2.75) is 20.8 Å². The van der Waals surface area contributed by atoms with Crippen LogP contribution in [0.5, 0.6) is 5.75 Å². The molecule has 0 saturated carbocycles. The molecular formula is C31H30ClN3O3. The molecule has 194 valence electrons. The van der Waals surface area contributed by atoms with Crippen molar-refractivity contribution in [1.29, 1.82) is 0 Å². The number of pyridine rings is 3. The molecule has 0 unspecified atom stereocenters. The van der Waals surface area contributed by atoms with E-state index in [1.54, 1.807) is 19.2 Å². The average molecular weight is 528 g/mol. The first-order valence-corrected chi connectivity index (χ1v) is 12.5. The van der Waals surface area contributed by atoms with Crippen molar-refractivity contribution >= 4 is 41.9 Å². The molecule has 1 aromatic carbocycles. The molecule has 0 aliphatic heterocycles. The van der Waals surface area contributed by atoms with E-state index in [2.05, 4.69) is 15.0 Å². The first-order chi connectivity index (χ1) is 18.4. The van der Waals surface area contributed by atoms with Gasteiger partial charge in [-0.25, -0.2) is 9.78 Å². The summed E-state index contributed by atoms with van der Waals surface area (Å²) in [6.45, 7) is 5.81. The zero-order valence-corrected chi connectivity index (χ0v) is 22.4. The Hall–Kier alpha value is -4.29. The first-order valence-electron chi connectivity index (χ1n) is 12.1. The van der Waals surface area contributed by atoms with E-state index in [1.165, 1.54) is 0 Å². The number of carbonyl (C=O) groups is 1. The van der Waals surface area contributed by atoms with E-state index in [9.17, 15) is 4.79 Å². The zero-order valence-electron chi connectivity index (χ0n) is 21.7. The Bertz CT molecular complexity index is 1390. The van der Waals surface area contributed by atoms with E-state index in [4.69, 9.17) is 21.1 Å². The van der Waals surface area contributed by atoms with Crippen LogP contribution < -0.4 is 4.74 Å². The normalized spacial score (nSPS) is 10.7. The van der Waals surface area contributed by atoms with Gasteiger partial charge in [0.15, 0.2) is 6.61 Å². The van der Waals surface area contributed by atoms with Crippen LogP contribution in [0.15, 0.2) is 79.1 Å². The minimum absolute atomic E-state index is 0.147. The highest BCUT2D eigenvalue weighted by Gasteiger charge is 2.08. The number of hydrogen-bond acceptors (Lipinski definition) is 6. The van der Waals surface area contributed by atoms with Crippen LogP contribution in [0.1, 0.15) is 40.8 Å². The molecule has 4 rings (SSSR count). The predicted molar refractivity (Wildman–Crippen MR) is 154 cm³/mol. The van der Waals surface area contributed by atoms with Crippen molar-refractivity contribution in [3.8, 4) is 5.75 Å². The van der Waals surface area contributed by atoms with Gasteiger partial charge >= 0.3 is 5.97 Å². The molecule has 7 heteroatoms. The lowest BCUT2D eigenvalue weighted by molar-refractivity contribution is -0.145. The minimum atomic E-state index is -0.408. The van der Waals surface area contributed by atoms with Gasteiger partial charge in [0.05, 0.1) is 12.3 Å². The zero-order chi connectivity index (χ0) is 27.2. The van der Waals surface area contributed by atoms with E-state index < -0.39 is 5.97 Å². The van der Waals surface area contributed by atoms with Gasteiger partial charge in [0.2, 0.25) is 0 Å². The van der Waals surface area contributed by atoms with Crippen molar-refractivity contribution < 1.29 is 14.3 Å². The largest absolute Gasteiger partial charge is 0.480 e. The monoisotopic (exact) mass is 527 g/mol. The summed E-state index contributed by atoms with van der Waals surface area (Å²) in [5, 5.41) is 0.658. The Balaban J connectivity index is 0.000000230. The number of hydrogen-bond donors (Lipinski definition) is 0. The number of halogens is 1. The number of rotatable bonds is 8. The van der Waals surface area contributed by atoms with Crippen molar-refractivity contribution in [1.82, 2.24) is 15.0 Å². The van der Waals surface area contributed by atoms with Crippen LogP contribution in [-0.4, -0.2) is 34.1 Å². The number of nitrogens with zero attached hydrogens (tertiary/aromatic N) is 3. The predicted octanol–water partition coefficient (Wildman–Crippen LogP) is 7.11. The second-order valence-electron chi connectivity index (χ2n) is 8.11. The molecule has 6 nitrogen and oxygen atoms in total. The van der Waals surface area contributed by atoms with Crippen LogP contribution in [0.2, 0.25) is 5.02 Å². The molecule has 0 atom stereocenters. The number of carbonyl (C=O) groups excluding carboxylic acids is 1. The molecule has 0 bridgehead atoms. The van der Waals surface area contributed by atoms with Gasteiger partial charge in [0.1, 0.15) is 11.4 Å². The highest BCUT2D eigenvalue weighted by atomic mass is 35.5. The van der Waals surface area contributed by atoms with Gasteiger partial charge in [-0.15, -0.1) is 0 Å². The summed E-state index contributed by atoms with van der Waals surface area (Å²) in [6.07, 6.45) is 11.3. The SMILES string of the molecule is CCOC(=O)COc1ccc(C)nc1C=Cc1ccccc1Cl.Cc1cccc(/C=C/c2cccnc2)n1. The highest BCUT2D eigenvalue weighted by molar-refractivity contribution is 6.32. The summed E-state index contributed by atoms with van der Waals surface area (Å²) >= 11 is 6.13. The van der Waals surface area contributed by atoms with Gasteiger partial charge in [-0.2, -0.15) is 0 Å². The molecule has 0 aliphatic rings. The van der Waals surface area contributed by atoms with Crippen molar-refractivity contribution in [2.24, 2.45) is 0 Å². The van der Waals surface area contributed by atoms with E-state index in [1.807, 2.05) is 105 Å². The number of aromatic nitrogens is 3. The maximum atomic E-state index is 11.4.